The molecule has 1 aromatic carbocycles. The fraction of sp³-hybridized carbons (Fsp3) is 0.286. The van der Waals surface area contributed by atoms with Gasteiger partial charge in [-0.3, -0.25) is 4.98 Å². The SMILES string of the molecule is COc1cccc(CNC(Cc2ccsc2)c2ccc(C)cn2)c1OC. The Labute approximate surface area is 158 Å². The minimum absolute atomic E-state index is 0.126. The third kappa shape index (κ3) is 4.42. The zero-order valence-corrected chi connectivity index (χ0v) is 16.2. The number of methoxy groups -OCH3 is 2. The molecule has 0 saturated carbocycles. The summed E-state index contributed by atoms with van der Waals surface area (Å²) >= 11 is 1.72. The largest absolute Gasteiger partial charge is 0.493 e. The molecular formula is C21H24N2O2S. The molecule has 26 heavy (non-hydrogen) atoms. The lowest BCUT2D eigenvalue weighted by Gasteiger charge is -2.20. The summed E-state index contributed by atoms with van der Waals surface area (Å²) < 4.78 is 11.0. The summed E-state index contributed by atoms with van der Waals surface area (Å²) in [6, 6.07) is 12.4. The number of aromatic nitrogens is 1. The number of para-hydroxylation sites is 1. The Morgan fingerprint density at radius 3 is 2.65 bits per heavy atom. The van der Waals surface area contributed by atoms with Crippen LogP contribution in [0.4, 0.5) is 0 Å². The van der Waals surface area contributed by atoms with Gasteiger partial charge in [0.15, 0.2) is 11.5 Å². The highest BCUT2D eigenvalue weighted by molar-refractivity contribution is 7.07. The lowest BCUT2D eigenvalue weighted by molar-refractivity contribution is 0.349. The van der Waals surface area contributed by atoms with Crippen molar-refractivity contribution in [1.82, 2.24) is 10.3 Å². The van der Waals surface area contributed by atoms with Crippen LogP contribution in [0.15, 0.2) is 53.4 Å². The van der Waals surface area contributed by atoms with Crippen molar-refractivity contribution in [2.45, 2.75) is 25.9 Å². The molecule has 5 heteroatoms. The maximum atomic E-state index is 5.55. The monoisotopic (exact) mass is 368 g/mol. The fourth-order valence-electron chi connectivity index (χ4n) is 2.94. The molecule has 0 fully saturated rings. The van der Waals surface area contributed by atoms with Crippen LogP contribution < -0.4 is 14.8 Å². The van der Waals surface area contributed by atoms with E-state index in [1.165, 1.54) is 5.56 Å². The Morgan fingerprint density at radius 2 is 2.00 bits per heavy atom. The minimum atomic E-state index is 0.126. The van der Waals surface area contributed by atoms with E-state index in [1.807, 2.05) is 18.3 Å². The first-order valence-electron chi connectivity index (χ1n) is 8.58. The van der Waals surface area contributed by atoms with Crippen molar-refractivity contribution >= 4 is 11.3 Å². The predicted molar refractivity (Wildman–Crippen MR) is 106 cm³/mol. The number of benzene rings is 1. The molecule has 0 amide bonds. The summed E-state index contributed by atoms with van der Waals surface area (Å²) in [6.45, 7) is 2.73. The van der Waals surface area contributed by atoms with Gasteiger partial charge in [-0.25, -0.2) is 0 Å². The van der Waals surface area contributed by atoms with Crippen LogP contribution in [0.2, 0.25) is 0 Å². The Hall–Kier alpha value is -2.37. The van der Waals surface area contributed by atoms with E-state index in [0.717, 1.165) is 34.7 Å². The number of aryl methyl sites for hydroxylation is 1. The number of nitrogens with zero attached hydrogens (tertiary/aromatic N) is 1. The number of hydrogen-bond acceptors (Lipinski definition) is 5. The number of thiophene rings is 1. The average molecular weight is 369 g/mol. The van der Waals surface area contributed by atoms with Crippen molar-refractivity contribution in [3.63, 3.8) is 0 Å². The van der Waals surface area contributed by atoms with Crippen LogP contribution in [-0.4, -0.2) is 19.2 Å². The molecule has 4 nitrogen and oxygen atoms in total. The molecule has 0 bridgehead atoms. The summed E-state index contributed by atoms with van der Waals surface area (Å²) in [5.41, 5.74) is 4.59. The average Bonchev–Trinajstić information content (AvgIpc) is 3.18. The lowest BCUT2D eigenvalue weighted by Crippen LogP contribution is -2.24. The zero-order chi connectivity index (χ0) is 18.4. The van der Waals surface area contributed by atoms with Crippen molar-refractivity contribution in [2.24, 2.45) is 0 Å². The minimum Gasteiger partial charge on any atom is -0.493 e. The summed E-state index contributed by atoms with van der Waals surface area (Å²) in [6.07, 6.45) is 2.82. The number of nitrogens with one attached hydrogen (secondary N) is 1. The Morgan fingerprint density at radius 1 is 1.12 bits per heavy atom. The Kier molecular flexibility index (Phi) is 6.26. The first-order valence-corrected chi connectivity index (χ1v) is 9.52. The van der Waals surface area contributed by atoms with Crippen LogP contribution in [0, 0.1) is 6.92 Å². The number of hydrogen-bond donors (Lipinski definition) is 1. The third-order valence-corrected chi connectivity index (χ3v) is 5.07. The highest BCUT2D eigenvalue weighted by Crippen LogP contribution is 2.31. The molecule has 0 spiro atoms. The van der Waals surface area contributed by atoms with Crippen molar-refractivity contribution in [1.29, 1.82) is 0 Å². The Bertz CT molecular complexity index is 817. The highest BCUT2D eigenvalue weighted by atomic mass is 32.1. The summed E-state index contributed by atoms with van der Waals surface area (Å²) in [5.74, 6) is 1.52. The molecular weight excluding hydrogens is 344 g/mol. The molecule has 0 aliphatic carbocycles. The van der Waals surface area contributed by atoms with Gasteiger partial charge in [-0.1, -0.05) is 18.2 Å². The van der Waals surface area contributed by atoms with Crippen molar-refractivity contribution in [3.8, 4) is 11.5 Å². The van der Waals surface area contributed by atoms with Crippen molar-refractivity contribution in [2.75, 3.05) is 14.2 Å². The number of ether oxygens (including phenoxy) is 2. The van der Waals surface area contributed by atoms with Gasteiger partial charge >= 0.3 is 0 Å². The topological polar surface area (TPSA) is 43.4 Å². The fourth-order valence-corrected chi connectivity index (χ4v) is 3.62. The van der Waals surface area contributed by atoms with Crippen LogP contribution in [0.3, 0.4) is 0 Å². The van der Waals surface area contributed by atoms with Crippen molar-refractivity contribution in [3.05, 3.63) is 75.7 Å². The molecule has 3 aromatic rings. The number of rotatable bonds is 8. The first kappa shape index (κ1) is 18.4. The third-order valence-electron chi connectivity index (χ3n) is 4.33. The molecule has 2 aromatic heterocycles. The number of pyridine rings is 1. The van der Waals surface area contributed by atoms with E-state index >= 15 is 0 Å². The smallest absolute Gasteiger partial charge is 0.165 e. The van der Waals surface area contributed by atoms with Gasteiger partial charge in [-0.05, 0) is 53.4 Å². The van der Waals surface area contributed by atoms with Gasteiger partial charge in [0, 0.05) is 18.3 Å². The second kappa shape index (κ2) is 8.83. The van der Waals surface area contributed by atoms with E-state index < -0.39 is 0 Å². The van der Waals surface area contributed by atoms with E-state index in [1.54, 1.807) is 25.6 Å². The van der Waals surface area contributed by atoms with Crippen LogP contribution in [0.5, 0.6) is 11.5 Å². The van der Waals surface area contributed by atoms with Gasteiger partial charge in [0.05, 0.1) is 26.0 Å². The molecule has 2 heterocycles. The maximum absolute atomic E-state index is 5.55. The van der Waals surface area contributed by atoms with Gasteiger partial charge in [-0.2, -0.15) is 11.3 Å². The standard InChI is InChI=1S/C21H24N2O2S/c1-15-7-8-18(22-12-15)19(11-16-9-10-26-14-16)23-13-17-5-4-6-20(24-2)21(17)25-3/h4-10,12,14,19,23H,11,13H2,1-3H3. The van der Waals surface area contributed by atoms with E-state index in [9.17, 15) is 0 Å². The molecule has 0 saturated heterocycles. The van der Waals surface area contributed by atoms with Crippen LogP contribution in [-0.2, 0) is 13.0 Å². The molecule has 0 aliphatic rings. The molecule has 1 atom stereocenters. The molecule has 0 aliphatic heterocycles. The molecule has 1 N–H and O–H groups in total. The molecule has 1 unspecified atom stereocenters. The van der Waals surface area contributed by atoms with Crippen molar-refractivity contribution < 1.29 is 9.47 Å². The van der Waals surface area contributed by atoms with E-state index in [4.69, 9.17) is 9.47 Å². The maximum Gasteiger partial charge on any atom is 0.165 e. The predicted octanol–water partition coefficient (Wildman–Crippen LogP) is 4.54. The van der Waals surface area contributed by atoms with Crippen LogP contribution in [0.25, 0.3) is 0 Å². The van der Waals surface area contributed by atoms with Gasteiger partial charge in [-0.15, -0.1) is 0 Å². The van der Waals surface area contributed by atoms with Crippen LogP contribution >= 0.6 is 11.3 Å². The van der Waals surface area contributed by atoms with E-state index in [2.05, 4.69) is 52.3 Å². The van der Waals surface area contributed by atoms with Gasteiger partial charge in [0.1, 0.15) is 0 Å². The second-order valence-electron chi connectivity index (χ2n) is 6.18. The van der Waals surface area contributed by atoms with Gasteiger partial charge in [0.25, 0.3) is 0 Å². The van der Waals surface area contributed by atoms with Gasteiger partial charge in [0.2, 0.25) is 0 Å². The molecule has 136 valence electrons. The van der Waals surface area contributed by atoms with Crippen LogP contribution in [0.1, 0.15) is 28.4 Å². The second-order valence-corrected chi connectivity index (χ2v) is 6.96. The lowest BCUT2D eigenvalue weighted by atomic mass is 10.0. The summed E-state index contributed by atoms with van der Waals surface area (Å²) in [4.78, 5) is 4.63. The first-order chi connectivity index (χ1) is 12.7. The van der Waals surface area contributed by atoms with Gasteiger partial charge < -0.3 is 14.8 Å². The summed E-state index contributed by atoms with van der Waals surface area (Å²) in [7, 11) is 3.33. The molecule has 0 radical (unpaired) electrons. The zero-order valence-electron chi connectivity index (χ0n) is 15.4. The normalized spacial score (nSPS) is 12.0. The van der Waals surface area contributed by atoms with E-state index in [0.29, 0.717) is 6.54 Å². The summed E-state index contributed by atoms with van der Waals surface area (Å²) in [5, 5.41) is 7.94. The molecule has 3 rings (SSSR count). The quantitative estimate of drug-likeness (QED) is 0.634. The van der Waals surface area contributed by atoms with E-state index in [-0.39, 0.29) is 6.04 Å². The highest BCUT2D eigenvalue weighted by Gasteiger charge is 2.16. The Balaban J connectivity index is 1.81.